The fourth-order valence-corrected chi connectivity index (χ4v) is 3.19. The van der Waals surface area contributed by atoms with Gasteiger partial charge in [0.15, 0.2) is 0 Å². The summed E-state index contributed by atoms with van der Waals surface area (Å²) in [5.74, 6) is 1.44. The number of carbonyl (C=O) groups excluding carboxylic acids is 1. The molecule has 0 spiro atoms. The largest absolute Gasteiger partial charge is 0.355 e. The second kappa shape index (κ2) is 5.15. The fourth-order valence-electron chi connectivity index (χ4n) is 3.19. The number of halogens is 1. The average molecular weight is 261 g/mol. The number of amides is 1. The number of hydrogen-bond acceptors (Lipinski definition) is 2. The molecule has 2 bridgehead atoms. The molecule has 1 amide bonds. The van der Waals surface area contributed by atoms with Crippen LogP contribution in [-0.4, -0.2) is 18.5 Å². The van der Waals surface area contributed by atoms with Crippen molar-refractivity contribution < 1.29 is 4.79 Å². The number of nitrogens with one attached hydrogen (secondary N) is 1. The van der Waals surface area contributed by atoms with Crippen LogP contribution in [0.3, 0.4) is 0 Å². The van der Waals surface area contributed by atoms with Gasteiger partial charge in [-0.1, -0.05) is 20.8 Å². The highest BCUT2D eigenvalue weighted by atomic mass is 35.5. The first-order valence-corrected chi connectivity index (χ1v) is 6.42. The summed E-state index contributed by atoms with van der Waals surface area (Å²) in [6.45, 7) is 7.14. The summed E-state index contributed by atoms with van der Waals surface area (Å²) < 4.78 is 0. The molecule has 4 unspecified atom stereocenters. The first-order chi connectivity index (χ1) is 7.38. The molecule has 2 rings (SSSR count). The van der Waals surface area contributed by atoms with E-state index < -0.39 is 0 Å². The Morgan fingerprint density at radius 1 is 1.29 bits per heavy atom. The van der Waals surface area contributed by atoms with E-state index in [1.807, 2.05) is 0 Å². The van der Waals surface area contributed by atoms with Gasteiger partial charge in [-0.2, -0.15) is 0 Å². The van der Waals surface area contributed by atoms with Gasteiger partial charge in [-0.15, -0.1) is 12.4 Å². The molecule has 0 aromatic rings. The SMILES string of the molecule is CC(C)(C)CNC(=O)C1C2CCC(C2)C1N.Cl. The van der Waals surface area contributed by atoms with E-state index in [4.69, 9.17) is 5.73 Å². The van der Waals surface area contributed by atoms with E-state index in [0.717, 1.165) is 6.54 Å². The van der Waals surface area contributed by atoms with Gasteiger partial charge in [0, 0.05) is 12.6 Å². The first-order valence-electron chi connectivity index (χ1n) is 6.42. The Bertz CT molecular complexity index is 286. The Labute approximate surface area is 110 Å². The Kier molecular flexibility index (Phi) is 4.48. The molecule has 4 heteroatoms. The van der Waals surface area contributed by atoms with E-state index in [9.17, 15) is 4.79 Å². The van der Waals surface area contributed by atoms with E-state index in [1.165, 1.54) is 19.3 Å². The van der Waals surface area contributed by atoms with Crippen LogP contribution in [0, 0.1) is 23.2 Å². The standard InChI is InChI=1S/C13H24N2O.ClH/c1-13(2,3)7-15-12(16)10-8-4-5-9(6-8)11(10)14;/h8-11H,4-7,14H2,1-3H3,(H,15,16);1H. The summed E-state index contributed by atoms with van der Waals surface area (Å²) in [6, 6.07) is 0.110. The second-order valence-corrected chi connectivity index (χ2v) is 6.71. The van der Waals surface area contributed by atoms with Crippen LogP contribution in [0.4, 0.5) is 0 Å². The lowest BCUT2D eigenvalue weighted by molar-refractivity contribution is -0.127. The number of hydrogen-bond donors (Lipinski definition) is 2. The zero-order valence-corrected chi connectivity index (χ0v) is 11.8. The van der Waals surface area contributed by atoms with Crippen LogP contribution in [-0.2, 0) is 4.79 Å². The van der Waals surface area contributed by atoms with Crippen molar-refractivity contribution in [1.29, 1.82) is 0 Å². The monoisotopic (exact) mass is 260 g/mol. The zero-order valence-electron chi connectivity index (χ0n) is 11.0. The van der Waals surface area contributed by atoms with Crippen molar-refractivity contribution in [1.82, 2.24) is 5.32 Å². The van der Waals surface area contributed by atoms with Crippen molar-refractivity contribution in [3.8, 4) is 0 Å². The molecule has 0 aromatic heterocycles. The van der Waals surface area contributed by atoms with Crippen molar-refractivity contribution in [2.75, 3.05) is 6.54 Å². The predicted octanol–water partition coefficient (Wildman–Crippen LogP) is 1.94. The maximum atomic E-state index is 12.1. The Morgan fingerprint density at radius 2 is 1.88 bits per heavy atom. The minimum Gasteiger partial charge on any atom is -0.355 e. The average Bonchev–Trinajstić information content (AvgIpc) is 2.73. The third-order valence-corrected chi connectivity index (χ3v) is 4.08. The van der Waals surface area contributed by atoms with Gasteiger partial charge in [-0.25, -0.2) is 0 Å². The molecule has 2 fully saturated rings. The van der Waals surface area contributed by atoms with Crippen LogP contribution in [0.25, 0.3) is 0 Å². The maximum Gasteiger partial charge on any atom is 0.224 e. The summed E-state index contributed by atoms with van der Waals surface area (Å²) in [6.07, 6.45) is 3.61. The molecule has 100 valence electrons. The number of rotatable bonds is 2. The van der Waals surface area contributed by atoms with Gasteiger partial charge in [0.05, 0.1) is 5.92 Å². The summed E-state index contributed by atoms with van der Waals surface area (Å²) >= 11 is 0. The fraction of sp³-hybridized carbons (Fsp3) is 0.923. The molecule has 0 radical (unpaired) electrons. The van der Waals surface area contributed by atoms with Gasteiger partial charge >= 0.3 is 0 Å². The third kappa shape index (κ3) is 3.14. The molecule has 0 heterocycles. The van der Waals surface area contributed by atoms with Crippen LogP contribution in [0.2, 0.25) is 0 Å². The van der Waals surface area contributed by atoms with E-state index in [-0.39, 0.29) is 35.7 Å². The molecule has 3 nitrogen and oxygen atoms in total. The lowest BCUT2D eigenvalue weighted by atomic mass is 9.84. The van der Waals surface area contributed by atoms with Crippen LogP contribution >= 0.6 is 12.4 Å². The molecule has 0 aliphatic heterocycles. The van der Waals surface area contributed by atoms with Gasteiger partial charge in [-0.3, -0.25) is 4.79 Å². The van der Waals surface area contributed by atoms with Gasteiger partial charge in [-0.05, 0) is 36.5 Å². The zero-order chi connectivity index (χ0) is 11.9. The summed E-state index contributed by atoms with van der Waals surface area (Å²) in [7, 11) is 0. The number of fused-ring (bicyclic) bond motifs is 2. The minimum absolute atomic E-state index is 0. The van der Waals surface area contributed by atoms with Crippen LogP contribution < -0.4 is 11.1 Å². The topological polar surface area (TPSA) is 55.1 Å². The molecule has 17 heavy (non-hydrogen) atoms. The maximum absolute atomic E-state index is 12.1. The molecule has 2 saturated carbocycles. The van der Waals surface area contributed by atoms with Crippen LogP contribution in [0.15, 0.2) is 0 Å². The molecule has 2 aliphatic rings. The first kappa shape index (κ1) is 14.8. The number of nitrogens with two attached hydrogens (primary N) is 1. The lowest BCUT2D eigenvalue weighted by Gasteiger charge is -2.28. The van der Waals surface area contributed by atoms with Gasteiger partial charge < -0.3 is 11.1 Å². The summed E-state index contributed by atoms with van der Waals surface area (Å²) in [5.41, 5.74) is 6.29. The Hall–Kier alpha value is -0.280. The molecular weight excluding hydrogens is 236 g/mol. The Balaban J connectivity index is 0.00000144. The van der Waals surface area contributed by atoms with Crippen molar-refractivity contribution in [2.45, 2.75) is 46.1 Å². The summed E-state index contributed by atoms with van der Waals surface area (Å²) in [4.78, 5) is 12.1. The van der Waals surface area contributed by atoms with Gasteiger partial charge in [0.25, 0.3) is 0 Å². The normalized spacial score (nSPS) is 35.5. The second-order valence-electron chi connectivity index (χ2n) is 6.71. The van der Waals surface area contributed by atoms with E-state index >= 15 is 0 Å². The van der Waals surface area contributed by atoms with E-state index in [1.54, 1.807) is 0 Å². The van der Waals surface area contributed by atoms with Gasteiger partial charge in [0.1, 0.15) is 0 Å². The van der Waals surface area contributed by atoms with Crippen molar-refractivity contribution in [3.63, 3.8) is 0 Å². The van der Waals surface area contributed by atoms with E-state index in [0.29, 0.717) is 11.8 Å². The van der Waals surface area contributed by atoms with Gasteiger partial charge in [0.2, 0.25) is 5.91 Å². The third-order valence-electron chi connectivity index (χ3n) is 4.08. The minimum atomic E-state index is 0. The van der Waals surface area contributed by atoms with E-state index in [2.05, 4.69) is 26.1 Å². The van der Waals surface area contributed by atoms with Crippen LogP contribution in [0.1, 0.15) is 40.0 Å². The summed E-state index contributed by atoms with van der Waals surface area (Å²) in [5, 5.41) is 3.06. The highest BCUT2D eigenvalue weighted by Gasteiger charge is 2.48. The molecule has 4 atom stereocenters. The molecule has 0 aromatic carbocycles. The molecule has 2 aliphatic carbocycles. The van der Waals surface area contributed by atoms with Crippen molar-refractivity contribution in [3.05, 3.63) is 0 Å². The van der Waals surface area contributed by atoms with Crippen molar-refractivity contribution in [2.24, 2.45) is 28.9 Å². The predicted molar refractivity (Wildman–Crippen MR) is 72.0 cm³/mol. The Morgan fingerprint density at radius 3 is 2.35 bits per heavy atom. The number of carbonyl (C=O) groups is 1. The molecule has 0 saturated heterocycles. The molecular formula is C13H25ClN2O. The lowest BCUT2D eigenvalue weighted by Crippen LogP contribution is -2.46. The highest BCUT2D eigenvalue weighted by Crippen LogP contribution is 2.47. The smallest absolute Gasteiger partial charge is 0.224 e. The van der Waals surface area contributed by atoms with Crippen LogP contribution in [0.5, 0.6) is 0 Å². The van der Waals surface area contributed by atoms with Crippen molar-refractivity contribution >= 4 is 18.3 Å². The highest BCUT2D eigenvalue weighted by molar-refractivity contribution is 5.85. The quantitative estimate of drug-likeness (QED) is 0.797. The molecule has 3 N–H and O–H groups in total.